The molecule has 0 unspecified atom stereocenters. The van der Waals surface area contributed by atoms with Gasteiger partial charge in [0.05, 0.1) is 17.1 Å². The Hall–Kier alpha value is -2.94. The number of H-pyrrole nitrogens is 1. The van der Waals surface area contributed by atoms with E-state index in [1.807, 2.05) is 22.9 Å². The van der Waals surface area contributed by atoms with Gasteiger partial charge in [-0.1, -0.05) is 39.5 Å². The molecular formula is C27H38N6O3. The van der Waals surface area contributed by atoms with Gasteiger partial charge < -0.3 is 14.5 Å². The topological polar surface area (TPSA) is 98.2 Å². The van der Waals surface area contributed by atoms with Crippen LogP contribution < -0.4 is 15.0 Å². The standard InChI is InChI=1S/C27H38N6O3/c1-5-10-22(25-29-30-31-33(25)27(3,4)6-2)32(20-11-8-7-9-12-20)16-19-13-18-14-23-24(36-17-35-23)15-21(18)28-26(19)34/h13-15,20,22H,5-12,16-17H2,1-4H3,(H,28,34)/t22-/m0/s1. The van der Waals surface area contributed by atoms with Crippen LogP contribution >= 0.6 is 0 Å². The van der Waals surface area contributed by atoms with E-state index >= 15 is 0 Å². The van der Waals surface area contributed by atoms with Crippen LogP contribution in [0, 0.1) is 0 Å². The molecule has 0 spiro atoms. The van der Waals surface area contributed by atoms with Gasteiger partial charge in [-0.3, -0.25) is 9.69 Å². The monoisotopic (exact) mass is 494 g/mol. The quantitative estimate of drug-likeness (QED) is 0.444. The lowest BCUT2D eigenvalue weighted by molar-refractivity contribution is 0.0770. The molecule has 5 rings (SSSR count). The number of nitrogens with zero attached hydrogens (tertiary/aromatic N) is 5. The van der Waals surface area contributed by atoms with Crippen LogP contribution in [0.3, 0.4) is 0 Å². The molecule has 3 aromatic rings. The van der Waals surface area contributed by atoms with Gasteiger partial charge in [0.1, 0.15) is 0 Å². The van der Waals surface area contributed by atoms with Crippen LogP contribution in [0.2, 0.25) is 0 Å². The van der Waals surface area contributed by atoms with Crippen LogP contribution in [0.25, 0.3) is 10.9 Å². The largest absolute Gasteiger partial charge is 0.454 e. The van der Waals surface area contributed by atoms with E-state index in [0.717, 1.165) is 60.1 Å². The molecule has 1 N–H and O–H groups in total. The number of benzene rings is 1. The van der Waals surface area contributed by atoms with Gasteiger partial charge in [0, 0.05) is 29.6 Å². The first-order chi connectivity index (χ1) is 17.4. The van der Waals surface area contributed by atoms with Gasteiger partial charge in [0.15, 0.2) is 17.3 Å². The van der Waals surface area contributed by atoms with E-state index in [0.29, 0.717) is 18.3 Å². The summed E-state index contributed by atoms with van der Waals surface area (Å²) in [5.74, 6) is 2.28. The SMILES string of the molecule is CCC[C@@H](c1nnnn1C(C)(C)CC)N(Cc1cc2cc3c(cc2[nH]c1=O)OCO3)C1CCCCC1. The van der Waals surface area contributed by atoms with Crippen molar-refractivity contribution in [1.82, 2.24) is 30.1 Å². The maximum Gasteiger partial charge on any atom is 0.252 e. The fourth-order valence-corrected chi connectivity index (χ4v) is 5.56. The Morgan fingerprint density at radius 2 is 1.89 bits per heavy atom. The first kappa shape index (κ1) is 24.7. The molecule has 1 saturated carbocycles. The summed E-state index contributed by atoms with van der Waals surface area (Å²) >= 11 is 0. The van der Waals surface area contributed by atoms with Gasteiger partial charge in [-0.05, 0) is 62.1 Å². The van der Waals surface area contributed by atoms with Crippen LogP contribution in [0.5, 0.6) is 11.5 Å². The maximum absolute atomic E-state index is 13.3. The number of nitrogens with one attached hydrogen (secondary N) is 1. The zero-order valence-electron chi connectivity index (χ0n) is 21.9. The summed E-state index contributed by atoms with van der Waals surface area (Å²) in [4.78, 5) is 18.9. The van der Waals surface area contributed by atoms with Crippen LogP contribution in [-0.2, 0) is 12.1 Å². The lowest BCUT2D eigenvalue weighted by atomic mass is 9.91. The summed E-state index contributed by atoms with van der Waals surface area (Å²) in [5, 5.41) is 14.0. The van der Waals surface area contributed by atoms with Crippen molar-refractivity contribution in [2.75, 3.05) is 6.79 Å². The van der Waals surface area contributed by atoms with Gasteiger partial charge in [0.25, 0.3) is 5.56 Å². The fourth-order valence-electron chi connectivity index (χ4n) is 5.56. The first-order valence-corrected chi connectivity index (χ1v) is 13.4. The summed E-state index contributed by atoms with van der Waals surface area (Å²) in [6.07, 6.45) is 8.81. The summed E-state index contributed by atoms with van der Waals surface area (Å²) in [5.41, 5.74) is 1.26. The average molecular weight is 495 g/mol. The third-order valence-electron chi connectivity index (χ3n) is 8.00. The molecule has 0 bridgehead atoms. The number of hydrogen-bond acceptors (Lipinski definition) is 7. The van der Waals surface area contributed by atoms with Crippen LogP contribution in [0.15, 0.2) is 23.0 Å². The van der Waals surface area contributed by atoms with Crippen molar-refractivity contribution in [3.8, 4) is 11.5 Å². The highest BCUT2D eigenvalue weighted by atomic mass is 16.7. The molecule has 2 aliphatic rings. The zero-order valence-corrected chi connectivity index (χ0v) is 21.9. The third kappa shape index (κ3) is 4.73. The van der Waals surface area contributed by atoms with E-state index in [-0.39, 0.29) is 23.9 Å². The number of ether oxygens (including phenoxy) is 2. The van der Waals surface area contributed by atoms with Gasteiger partial charge in [-0.2, -0.15) is 0 Å². The Morgan fingerprint density at radius 1 is 1.14 bits per heavy atom. The maximum atomic E-state index is 13.3. The fraction of sp³-hybridized carbons (Fsp3) is 0.630. The molecule has 0 amide bonds. The first-order valence-electron chi connectivity index (χ1n) is 13.4. The third-order valence-corrected chi connectivity index (χ3v) is 8.00. The number of pyridine rings is 1. The molecule has 9 nitrogen and oxygen atoms in total. The minimum absolute atomic E-state index is 0.0331. The molecule has 0 saturated heterocycles. The van der Waals surface area contributed by atoms with Crippen molar-refractivity contribution in [2.24, 2.45) is 0 Å². The number of tetrazole rings is 1. The van der Waals surface area contributed by atoms with Crippen molar-refractivity contribution < 1.29 is 9.47 Å². The Kier molecular flexibility index (Phi) is 7.01. The van der Waals surface area contributed by atoms with Crippen molar-refractivity contribution in [2.45, 2.75) is 103 Å². The zero-order chi connectivity index (χ0) is 25.3. The molecule has 194 valence electrons. The van der Waals surface area contributed by atoms with Gasteiger partial charge >= 0.3 is 0 Å². The molecule has 0 radical (unpaired) electrons. The highest BCUT2D eigenvalue weighted by molar-refractivity contribution is 5.83. The second-order valence-corrected chi connectivity index (χ2v) is 10.8. The van der Waals surface area contributed by atoms with Gasteiger partial charge in [-0.15, -0.1) is 5.10 Å². The summed E-state index contributed by atoms with van der Waals surface area (Å²) in [6.45, 7) is 9.49. The Bertz CT molecular complexity index is 1260. The van der Waals surface area contributed by atoms with E-state index in [1.165, 1.54) is 19.3 Å². The number of hydrogen-bond donors (Lipinski definition) is 1. The molecule has 36 heavy (non-hydrogen) atoms. The van der Waals surface area contributed by atoms with Crippen LogP contribution in [0.1, 0.15) is 96.5 Å². The smallest absolute Gasteiger partial charge is 0.252 e. The second kappa shape index (κ2) is 10.2. The van der Waals surface area contributed by atoms with Crippen molar-refractivity contribution in [1.29, 1.82) is 0 Å². The van der Waals surface area contributed by atoms with E-state index in [1.54, 1.807) is 0 Å². The molecule has 1 aliphatic heterocycles. The minimum atomic E-state index is -0.189. The lowest BCUT2D eigenvalue weighted by Gasteiger charge is -2.40. The number of aromatic nitrogens is 5. The summed E-state index contributed by atoms with van der Waals surface area (Å²) in [7, 11) is 0. The number of aromatic amines is 1. The predicted molar refractivity (Wildman–Crippen MR) is 138 cm³/mol. The average Bonchev–Trinajstić information content (AvgIpc) is 3.55. The minimum Gasteiger partial charge on any atom is -0.454 e. The van der Waals surface area contributed by atoms with Crippen LogP contribution in [-0.4, -0.2) is 42.9 Å². The molecule has 1 aromatic carbocycles. The lowest BCUT2D eigenvalue weighted by Crippen LogP contribution is -2.42. The van der Waals surface area contributed by atoms with E-state index in [9.17, 15) is 4.79 Å². The Labute approximate surface area is 212 Å². The van der Waals surface area contributed by atoms with Crippen molar-refractivity contribution >= 4 is 10.9 Å². The van der Waals surface area contributed by atoms with E-state index in [2.05, 4.69) is 53.1 Å². The van der Waals surface area contributed by atoms with Gasteiger partial charge in [0.2, 0.25) is 6.79 Å². The van der Waals surface area contributed by atoms with Crippen LogP contribution in [0.4, 0.5) is 0 Å². The normalized spacial score (nSPS) is 17.2. The number of fused-ring (bicyclic) bond motifs is 2. The molecule has 1 atom stereocenters. The molecular weight excluding hydrogens is 456 g/mol. The highest BCUT2D eigenvalue weighted by Crippen LogP contribution is 2.37. The van der Waals surface area contributed by atoms with Crippen molar-refractivity contribution in [3.63, 3.8) is 0 Å². The molecule has 1 aliphatic carbocycles. The Morgan fingerprint density at radius 3 is 2.61 bits per heavy atom. The molecule has 2 aromatic heterocycles. The number of rotatable bonds is 9. The molecule has 1 fully saturated rings. The summed E-state index contributed by atoms with van der Waals surface area (Å²) < 4.78 is 13.1. The summed E-state index contributed by atoms with van der Waals surface area (Å²) in [6, 6.07) is 6.23. The second-order valence-electron chi connectivity index (χ2n) is 10.8. The molecule has 9 heteroatoms. The molecule has 3 heterocycles. The Balaban J connectivity index is 1.56. The highest BCUT2D eigenvalue weighted by Gasteiger charge is 2.35. The van der Waals surface area contributed by atoms with E-state index in [4.69, 9.17) is 9.47 Å². The van der Waals surface area contributed by atoms with E-state index < -0.39 is 0 Å². The predicted octanol–water partition coefficient (Wildman–Crippen LogP) is 5.06. The van der Waals surface area contributed by atoms with Gasteiger partial charge in [-0.25, -0.2) is 4.68 Å². The van der Waals surface area contributed by atoms with Crippen molar-refractivity contribution in [3.05, 3.63) is 39.9 Å².